The molecule has 1 aromatic heterocycles. The van der Waals surface area contributed by atoms with Gasteiger partial charge in [-0.1, -0.05) is 17.7 Å². The summed E-state index contributed by atoms with van der Waals surface area (Å²) in [6.07, 6.45) is 0. The predicted molar refractivity (Wildman–Crippen MR) is 93.0 cm³/mol. The van der Waals surface area contributed by atoms with Crippen LogP contribution in [0.1, 0.15) is 34.2 Å². The van der Waals surface area contributed by atoms with Gasteiger partial charge in [-0.05, 0) is 36.8 Å². The minimum absolute atomic E-state index is 0.134. The van der Waals surface area contributed by atoms with Crippen LogP contribution >= 0.6 is 0 Å². The van der Waals surface area contributed by atoms with E-state index in [4.69, 9.17) is 0 Å². The molecule has 0 unspecified atom stereocenters. The summed E-state index contributed by atoms with van der Waals surface area (Å²) in [6.45, 7) is 3.69. The summed E-state index contributed by atoms with van der Waals surface area (Å²) < 4.78 is 1.38. The number of rotatable bonds is 2. The van der Waals surface area contributed by atoms with Crippen molar-refractivity contribution in [1.29, 1.82) is 0 Å². The average Bonchev–Trinajstić information content (AvgIpc) is 2.85. The van der Waals surface area contributed by atoms with Gasteiger partial charge in [0.2, 0.25) is 11.7 Å². The van der Waals surface area contributed by atoms with Crippen LogP contribution in [0.5, 0.6) is 0 Å². The Labute approximate surface area is 143 Å². The standard InChI is InChI=1S/C19H15N3O3/c1-10-3-6-16-14(7-10)17(24)18-21-15-8-12(9-20-11(2)23)4-5-13(15)19(25)22(16)18/h3-8H,9H2,1-2H3,(H,20,23). The smallest absolute Gasteiger partial charge is 0.266 e. The Kier molecular flexibility index (Phi) is 3.28. The fourth-order valence-corrected chi connectivity index (χ4v) is 3.09. The van der Waals surface area contributed by atoms with Crippen molar-refractivity contribution in [2.24, 2.45) is 0 Å². The molecule has 0 saturated heterocycles. The van der Waals surface area contributed by atoms with Gasteiger partial charge in [-0.25, -0.2) is 4.98 Å². The molecule has 0 aliphatic carbocycles. The number of amides is 1. The number of carbonyl (C=O) groups excluding carboxylic acids is 2. The highest BCUT2D eigenvalue weighted by molar-refractivity contribution is 6.13. The van der Waals surface area contributed by atoms with Crippen LogP contribution in [0.3, 0.4) is 0 Å². The maximum atomic E-state index is 12.9. The van der Waals surface area contributed by atoms with Gasteiger partial charge in [-0.3, -0.25) is 19.0 Å². The quantitative estimate of drug-likeness (QED) is 0.607. The first-order chi connectivity index (χ1) is 12.0. The Hall–Kier alpha value is -3.28. The molecule has 1 N–H and O–H groups in total. The minimum Gasteiger partial charge on any atom is -0.352 e. The molecule has 0 spiro atoms. The second-order valence-corrected chi connectivity index (χ2v) is 6.19. The summed E-state index contributed by atoms with van der Waals surface area (Å²) in [5.74, 6) is -0.247. The molecule has 1 aliphatic rings. The van der Waals surface area contributed by atoms with Crippen LogP contribution in [-0.4, -0.2) is 21.2 Å². The molecule has 0 fully saturated rings. The Balaban J connectivity index is 1.91. The molecule has 0 bridgehead atoms. The predicted octanol–water partition coefficient (Wildman–Crippen LogP) is 1.87. The van der Waals surface area contributed by atoms with Crippen molar-refractivity contribution in [3.63, 3.8) is 0 Å². The highest BCUT2D eigenvalue weighted by atomic mass is 16.2. The van der Waals surface area contributed by atoms with Crippen LogP contribution in [0.2, 0.25) is 0 Å². The molecule has 4 rings (SSSR count). The molecule has 6 heteroatoms. The average molecular weight is 333 g/mol. The molecule has 25 heavy (non-hydrogen) atoms. The van der Waals surface area contributed by atoms with Crippen molar-refractivity contribution in [3.05, 3.63) is 69.3 Å². The van der Waals surface area contributed by atoms with Crippen molar-refractivity contribution in [2.45, 2.75) is 20.4 Å². The number of fused-ring (bicyclic) bond motifs is 4. The second-order valence-electron chi connectivity index (χ2n) is 6.19. The summed E-state index contributed by atoms with van der Waals surface area (Å²) in [5.41, 5.74) is 3.04. The van der Waals surface area contributed by atoms with Gasteiger partial charge in [-0.15, -0.1) is 0 Å². The lowest BCUT2D eigenvalue weighted by atomic mass is 10.1. The molecule has 0 radical (unpaired) electrons. The van der Waals surface area contributed by atoms with Gasteiger partial charge in [0.25, 0.3) is 5.56 Å². The van der Waals surface area contributed by atoms with Gasteiger partial charge in [0, 0.05) is 13.5 Å². The summed E-state index contributed by atoms with van der Waals surface area (Å²) in [4.78, 5) is 41.0. The third kappa shape index (κ3) is 2.34. The van der Waals surface area contributed by atoms with Crippen LogP contribution in [0.25, 0.3) is 16.6 Å². The molecule has 6 nitrogen and oxygen atoms in total. The van der Waals surface area contributed by atoms with Crippen LogP contribution in [-0.2, 0) is 11.3 Å². The van der Waals surface area contributed by atoms with Gasteiger partial charge < -0.3 is 5.32 Å². The van der Waals surface area contributed by atoms with Crippen LogP contribution in [0.15, 0.2) is 41.2 Å². The van der Waals surface area contributed by atoms with E-state index in [2.05, 4.69) is 10.3 Å². The van der Waals surface area contributed by atoms with Crippen molar-refractivity contribution >= 4 is 22.6 Å². The molecular weight excluding hydrogens is 318 g/mol. The number of hydrogen-bond donors (Lipinski definition) is 1. The topological polar surface area (TPSA) is 81.1 Å². The van der Waals surface area contributed by atoms with Crippen LogP contribution in [0, 0.1) is 6.92 Å². The zero-order valence-corrected chi connectivity index (χ0v) is 13.8. The van der Waals surface area contributed by atoms with Gasteiger partial charge in [0.15, 0.2) is 5.82 Å². The Morgan fingerprint density at radius 1 is 1.16 bits per heavy atom. The van der Waals surface area contributed by atoms with E-state index in [1.807, 2.05) is 13.0 Å². The fourth-order valence-electron chi connectivity index (χ4n) is 3.09. The number of benzene rings is 2. The van der Waals surface area contributed by atoms with Crippen molar-refractivity contribution in [2.75, 3.05) is 0 Å². The number of nitrogens with one attached hydrogen (secondary N) is 1. The maximum absolute atomic E-state index is 12.9. The number of aryl methyl sites for hydroxylation is 1. The summed E-state index contributed by atoms with van der Waals surface area (Å²) in [7, 11) is 0. The zero-order chi connectivity index (χ0) is 17.7. The molecule has 0 atom stereocenters. The number of hydrogen-bond acceptors (Lipinski definition) is 4. The second kappa shape index (κ2) is 5.37. The lowest BCUT2D eigenvalue weighted by Crippen LogP contribution is -2.22. The van der Waals surface area contributed by atoms with E-state index in [0.29, 0.717) is 28.7 Å². The Morgan fingerprint density at radius 3 is 2.72 bits per heavy atom. The first-order valence-electron chi connectivity index (χ1n) is 7.91. The van der Waals surface area contributed by atoms with Gasteiger partial charge in [0.05, 0.1) is 22.2 Å². The Morgan fingerprint density at radius 2 is 1.96 bits per heavy atom. The van der Waals surface area contributed by atoms with E-state index < -0.39 is 0 Å². The first-order valence-corrected chi connectivity index (χ1v) is 7.91. The molecule has 1 amide bonds. The molecule has 0 saturated carbocycles. The van der Waals surface area contributed by atoms with E-state index in [1.165, 1.54) is 11.5 Å². The summed E-state index contributed by atoms with van der Waals surface area (Å²) in [6, 6.07) is 10.6. The number of nitrogens with zero attached hydrogens (tertiary/aromatic N) is 2. The van der Waals surface area contributed by atoms with Gasteiger partial charge in [-0.2, -0.15) is 0 Å². The summed E-state index contributed by atoms with van der Waals surface area (Å²) in [5, 5.41) is 3.15. The Bertz CT molecular complexity index is 1130. The fraction of sp³-hybridized carbons (Fsp3) is 0.158. The van der Waals surface area contributed by atoms with E-state index in [-0.39, 0.29) is 23.1 Å². The first kappa shape index (κ1) is 15.3. The number of aromatic nitrogens is 2. The monoisotopic (exact) mass is 333 g/mol. The van der Waals surface area contributed by atoms with Crippen LogP contribution in [0.4, 0.5) is 0 Å². The van der Waals surface area contributed by atoms with Crippen LogP contribution < -0.4 is 10.9 Å². The zero-order valence-electron chi connectivity index (χ0n) is 13.8. The lowest BCUT2D eigenvalue weighted by Gasteiger charge is -2.07. The minimum atomic E-state index is -0.262. The van der Waals surface area contributed by atoms with Gasteiger partial charge >= 0.3 is 0 Å². The highest BCUT2D eigenvalue weighted by Crippen LogP contribution is 2.27. The van der Waals surface area contributed by atoms with Crippen molar-refractivity contribution in [1.82, 2.24) is 14.9 Å². The van der Waals surface area contributed by atoms with E-state index in [0.717, 1.165) is 11.1 Å². The number of ketones is 1. The number of carbonyl (C=O) groups is 2. The molecular formula is C19H15N3O3. The maximum Gasteiger partial charge on any atom is 0.266 e. The molecule has 1 aliphatic heterocycles. The van der Waals surface area contributed by atoms with Crippen molar-refractivity contribution < 1.29 is 9.59 Å². The van der Waals surface area contributed by atoms with E-state index in [1.54, 1.807) is 30.3 Å². The van der Waals surface area contributed by atoms with E-state index in [9.17, 15) is 14.4 Å². The normalized spacial score (nSPS) is 12.2. The molecule has 3 aromatic rings. The SMILES string of the molecule is CC(=O)NCc1ccc2c(=O)n3c(nc2c1)C(=O)c1cc(C)ccc1-3. The molecule has 2 heterocycles. The summed E-state index contributed by atoms with van der Waals surface area (Å²) >= 11 is 0. The van der Waals surface area contributed by atoms with Crippen molar-refractivity contribution in [3.8, 4) is 5.69 Å². The highest BCUT2D eigenvalue weighted by Gasteiger charge is 2.30. The van der Waals surface area contributed by atoms with Gasteiger partial charge in [0.1, 0.15) is 0 Å². The van der Waals surface area contributed by atoms with E-state index >= 15 is 0 Å². The third-order valence-electron chi connectivity index (χ3n) is 4.32. The molecule has 2 aromatic carbocycles. The lowest BCUT2D eigenvalue weighted by molar-refractivity contribution is -0.119. The molecule has 124 valence electrons. The third-order valence-corrected chi connectivity index (χ3v) is 4.32. The largest absolute Gasteiger partial charge is 0.352 e.